The fraction of sp³-hybridized carbons (Fsp3) is 0.310. The van der Waals surface area contributed by atoms with Crippen LogP contribution in [0.4, 0.5) is 0 Å². The molecule has 2 aromatic carbocycles. The topological polar surface area (TPSA) is 48.0 Å². The van der Waals surface area contributed by atoms with Gasteiger partial charge in [0.2, 0.25) is 0 Å². The van der Waals surface area contributed by atoms with Gasteiger partial charge in [0.1, 0.15) is 0 Å². The maximum atomic E-state index is 4.84. The molecule has 2 atom stereocenters. The summed E-state index contributed by atoms with van der Waals surface area (Å²) >= 11 is 0. The zero-order valence-corrected chi connectivity index (χ0v) is 19.5. The highest BCUT2D eigenvalue weighted by Crippen LogP contribution is 2.37. The number of piperazine rings is 1. The molecule has 2 fully saturated rings. The van der Waals surface area contributed by atoms with Gasteiger partial charge in [0.05, 0.1) is 17.4 Å². The van der Waals surface area contributed by atoms with Crippen molar-refractivity contribution in [1.82, 2.24) is 25.0 Å². The van der Waals surface area contributed by atoms with Gasteiger partial charge in [-0.25, -0.2) is 0 Å². The van der Waals surface area contributed by atoms with Crippen molar-refractivity contribution < 1.29 is 0 Å². The lowest BCUT2D eigenvalue weighted by Gasteiger charge is -2.39. The number of likely N-dealkylation sites (tertiary alicyclic amines) is 1. The van der Waals surface area contributed by atoms with E-state index in [2.05, 4.69) is 81.7 Å². The van der Waals surface area contributed by atoms with Gasteiger partial charge in [0.25, 0.3) is 0 Å². The number of hydrogen-bond donors (Lipinski definition) is 1. The van der Waals surface area contributed by atoms with E-state index in [1.165, 1.54) is 59.3 Å². The van der Waals surface area contributed by atoms with Gasteiger partial charge in [0.15, 0.2) is 0 Å². The van der Waals surface area contributed by atoms with Crippen molar-refractivity contribution in [3.63, 3.8) is 0 Å². The van der Waals surface area contributed by atoms with Crippen LogP contribution in [0.25, 0.3) is 27.6 Å². The van der Waals surface area contributed by atoms with E-state index < -0.39 is 0 Å². The second-order valence-electron chi connectivity index (χ2n) is 10.2. The second kappa shape index (κ2) is 7.90. The summed E-state index contributed by atoms with van der Waals surface area (Å²) in [6, 6.07) is 19.3. The van der Waals surface area contributed by atoms with Crippen molar-refractivity contribution in [2.75, 3.05) is 20.1 Å². The van der Waals surface area contributed by atoms with Gasteiger partial charge < -0.3 is 4.90 Å². The number of nitrogens with one attached hydrogen (secondary N) is 1. The minimum absolute atomic E-state index is 0.717. The minimum atomic E-state index is 0.717. The summed E-state index contributed by atoms with van der Waals surface area (Å²) < 4.78 is 0. The number of benzene rings is 2. The summed E-state index contributed by atoms with van der Waals surface area (Å²) in [6.45, 7) is 3.48. The maximum Gasteiger partial charge on any atom is 0.0656 e. The molecule has 2 aliphatic heterocycles. The molecular formula is C29H29N5. The summed E-state index contributed by atoms with van der Waals surface area (Å²) in [5, 5.41) is 8.50. The Balaban J connectivity index is 1.15. The highest BCUT2D eigenvalue weighted by Gasteiger charge is 2.38. The molecular weight excluding hydrogens is 418 g/mol. The SMILES string of the molecule is CN1CC2CCC(C1)N2Cc1ccc(-c2cnc3c(c2)C(c2cccc4[nH]ncc24)=CC3)cc1. The number of allylic oxidation sites excluding steroid dienone is 1. The van der Waals surface area contributed by atoms with Gasteiger partial charge in [-0.05, 0) is 54.3 Å². The van der Waals surface area contributed by atoms with Crippen LogP contribution < -0.4 is 0 Å². The van der Waals surface area contributed by atoms with Crippen LogP contribution in [-0.2, 0) is 13.0 Å². The number of pyridine rings is 1. The first-order valence-electron chi connectivity index (χ1n) is 12.4. The van der Waals surface area contributed by atoms with Gasteiger partial charge in [-0.3, -0.25) is 15.0 Å². The number of aromatic nitrogens is 3. The predicted octanol–water partition coefficient (Wildman–Crippen LogP) is 4.89. The lowest BCUT2D eigenvalue weighted by atomic mass is 9.95. The molecule has 4 heterocycles. The standard InChI is InChI=1S/C29H29N5/c1-33-17-22-9-10-23(18-33)34(22)16-19-5-7-20(8-6-19)21-13-26-25(11-12-28(26)30-14-21)24-3-2-4-29-27(24)15-31-32-29/h2-8,11,13-15,22-23H,9-10,12,16-18H2,1H3,(H,31,32). The third-order valence-corrected chi connectivity index (χ3v) is 8.00. The number of nitrogens with zero attached hydrogens (tertiary/aromatic N) is 4. The molecule has 0 amide bonds. The molecule has 2 aromatic heterocycles. The highest BCUT2D eigenvalue weighted by atomic mass is 15.3. The number of H-pyrrole nitrogens is 1. The third-order valence-electron chi connectivity index (χ3n) is 8.00. The van der Waals surface area contributed by atoms with Crippen LogP contribution in [0.15, 0.2) is 67.0 Å². The number of fused-ring (bicyclic) bond motifs is 4. The Morgan fingerprint density at radius 2 is 1.76 bits per heavy atom. The molecule has 1 aliphatic carbocycles. The summed E-state index contributed by atoms with van der Waals surface area (Å²) in [4.78, 5) is 10.1. The van der Waals surface area contributed by atoms with E-state index in [1.807, 2.05) is 12.4 Å². The first kappa shape index (κ1) is 20.1. The van der Waals surface area contributed by atoms with Gasteiger partial charge >= 0.3 is 0 Å². The first-order valence-corrected chi connectivity index (χ1v) is 12.4. The molecule has 2 unspecified atom stereocenters. The minimum Gasteiger partial charge on any atom is -0.303 e. The van der Waals surface area contributed by atoms with Crippen molar-refractivity contribution in [1.29, 1.82) is 0 Å². The molecule has 170 valence electrons. The fourth-order valence-corrected chi connectivity index (χ4v) is 6.29. The van der Waals surface area contributed by atoms with E-state index in [1.54, 1.807) is 0 Å². The Bertz CT molecular complexity index is 1390. The Morgan fingerprint density at radius 3 is 2.59 bits per heavy atom. The third kappa shape index (κ3) is 3.30. The van der Waals surface area contributed by atoms with E-state index in [9.17, 15) is 0 Å². The van der Waals surface area contributed by atoms with Crippen LogP contribution >= 0.6 is 0 Å². The van der Waals surface area contributed by atoms with Crippen LogP contribution in [0.3, 0.4) is 0 Å². The van der Waals surface area contributed by atoms with Crippen molar-refractivity contribution in [2.45, 2.75) is 37.9 Å². The van der Waals surface area contributed by atoms with Crippen LogP contribution in [0, 0.1) is 0 Å². The number of hydrogen-bond acceptors (Lipinski definition) is 4. The molecule has 7 rings (SSSR count). The lowest BCUT2D eigenvalue weighted by molar-refractivity contribution is 0.0760. The summed E-state index contributed by atoms with van der Waals surface area (Å²) in [5.41, 5.74) is 9.77. The van der Waals surface area contributed by atoms with Gasteiger partial charge in [0, 0.05) is 60.8 Å². The molecule has 0 saturated carbocycles. The van der Waals surface area contributed by atoms with Crippen LogP contribution in [0.1, 0.15) is 35.2 Å². The van der Waals surface area contributed by atoms with E-state index in [4.69, 9.17) is 4.98 Å². The van der Waals surface area contributed by atoms with Crippen molar-refractivity contribution >= 4 is 16.5 Å². The molecule has 2 bridgehead atoms. The first-order chi connectivity index (χ1) is 16.7. The molecule has 4 aromatic rings. The van der Waals surface area contributed by atoms with E-state index in [0.717, 1.165) is 29.6 Å². The zero-order valence-electron chi connectivity index (χ0n) is 19.5. The van der Waals surface area contributed by atoms with Crippen LogP contribution in [-0.4, -0.2) is 57.2 Å². The highest BCUT2D eigenvalue weighted by molar-refractivity contribution is 5.98. The number of aromatic amines is 1. The molecule has 34 heavy (non-hydrogen) atoms. The molecule has 2 saturated heterocycles. The molecule has 0 spiro atoms. The Hall–Kier alpha value is -3.28. The molecule has 1 N–H and O–H groups in total. The summed E-state index contributed by atoms with van der Waals surface area (Å²) in [7, 11) is 2.26. The molecule has 5 nitrogen and oxygen atoms in total. The van der Waals surface area contributed by atoms with Crippen molar-refractivity contribution in [3.8, 4) is 11.1 Å². The smallest absolute Gasteiger partial charge is 0.0656 e. The maximum absolute atomic E-state index is 4.84. The van der Waals surface area contributed by atoms with E-state index >= 15 is 0 Å². The Labute approximate surface area is 200 Å². The zero-order chi connectivity index (χ0) is 22.6. The average molecular weight is 448 g/mol. The quantitative estimate of drug-likeness (QED) is 0.484. The molecule has 0 radical (unpaired) electrons. The van der Waals surface area contributed by atoms with E-state index in [-0.39, 0.29) is 0 Å². The van der Waals surface area contributed by atoms with Crippen molar-refractivity contribution in [3.05, 3.63) is 89.4 Å². The Kier molecular flexibility index (Phi) is 4.67. The van der Waals surface area contributed by atoms with Gasteiger partial charge in [-0.15, -0.1) is 0 Å². The van der Waals surface area contributed by atoms with E-state index in [0.29, 0.717) is 12.1 Å². The van der Waals surface area contributed by atoms with Crippen LogP contribution in [0.2, 0.25) is 0 Å². The summed E-state index contributed by atoms with van der Waals surface area (Å²) in [6.07, 6.45) is 9.82. The van der Waals surface area contributed by atoms with Crippen molar-refractivity contribution in [2.24, 2.45) is 0 Å². The predicted molar refractivity (Wildman–Crippen MR) is 136 cm³/mol. The molecule has 3 aliphatic rings. The number of rotatable bonds is 4. The summed E-state index contributed by atoms with van der Waals surface area (Å²) in [5.74, 6) is 0. The second-order valence-corrected chi connectivity index (χ2v) is 10.2. The van der Waals surface area contributed by atoms with Crippen LogP contribution in [0.5, 0.6) is 0 Å². The monoisotopic (exact) mass is 447 g/mol. The van der Waals surface area contributed by atoms with Gasteiger partial charge in [-0.1, -0.05) is 42.5 Å². The largest absolute Gasteiger partial charge is 0.303 e. The molecule has 5 heteroatoms. The normalized spacial score (nSPS) is 22.3. The average Bonchev–Trinajstić information content (AvgIpc) is 3.56. The number of likely N-dealkylation sites (N-methyl/N-ethyl adjacent to an activating group) is 1. The van der Waals surface area contributed by atoms with Gasteiger partial charge in [-0.2, -0.15) is 5.10 Å². The fourth-order valence-electron chi connectivity index (χ4n) is 6.29. The Morgan fingerprint density at radius 1 is 0.941 bits per heavy atom. The lowest BCUT2D eigenvalue weighted by Crippen LogP contribution is -2.51.